The van der Waals surface area contributed by atoms with Crippen molar-refractivity contribution in [1.82, 2.24) is 25.3 Å². The van der Waals surface area contributed by atoms with E-state index >= 15 is 0 Å². The minimum Gasteiger partial charge on any atom is -0.382 e. The van der Waals surface area contributed by atoms with E-state index in [1.54, 1.807) is 14.0 Å². The molecule has 3 amide bonds. The van der Waals surface area contributed by atoms with Crippen LogP contribution >= 0.6 is 0 Å². The van der Waals surface area contributed by atoms with Crippen LogP contribution in [0.25, 0.3) is 0 Å². The van der Waals surface area contributed by atoms with Crippen molar-refractivity contribution in [2.75, 3.05) is 26.8 Å². The van der Waals surface area contributed by atoms with Crippen LogP contribution in [0.5, 0.6) is 0 Å². The molecule has 32 heavy (non-hydrogen) atoms. The molecule has 2 aromatic rings. The zero-order valence-corrected chi connectivity index (χ0v) is 19.1. The number of nitrogens with zero attached hydrogens (tertiary/aromatic N) is 3. The minimum atomic E-state index is -1.13. The molecule has 0 bridgehead atoms. The third-order valence-electron chi connectivity index (χ3n) is 5.75. The van der Waals surface area contributed by atoms with Crippen LogP contribution in [0.2, 0.25) is 0 Å². The first-order valence-corrected chi connectivity index (χ1v) is 10.8. The predicted molar refractivity (Wildman–Crippen MR) is 119 cm³/mol. The molecule has 1 aromatic heterocycles. The van der Waals surface area contributed by atoms with Gasteiger partial charge in [0.15, 0.2) is 5.69 Å². The zero-order chi connectivity index (χ0) is 23.3. The van der Waals surface area contributed by atoms with E-state index in [9.17, 15) is 14.4 Å². The fourth-order valence-electron chi connectivity index (χ4n) is 3.53. The van der Waals surface area contributed by atoms with Crippen LogP contribution < -0.4 is 10.6 Å². The normalized spacial score (nSPS) is 17.8. The lowest BCUT2D eigenvalue weighted by Crippen LogP contribution is -2.62. The maximum Gasteiger partial charge on any atom is 0.272 e. The third-order valence-corrected chi connectivity index (χ3v) is 5.75. The molecule has 0 unspecified atom stereocenters. The summed E-state index contributed by atoms with van der Waals surface area (Å²) in [6.07, 6.45) is 0.689. The summed E-state index contributed by atoms with van der Waals surface area (Å²) in [4.78, 5) is 39.9. The van der Waals surface area contributed by atoms with Crippen molar-refractivity contribution in [3.05, 3.63) is 52.8 Å². The summed E-state index contributed by atoms with van der Waals surface area (Å²) in [5.74, 6) is -0.992. The second-order valence-electron chi connectivity index (χ2n) is 8.19. The van der Waals surface area contributed by atoms with Gasteiger partial charge in [-0.05, 0) is 32.8 Å². The van der Waals surface area contributed by atoms with E-state index in [1.807, 2.05) is 38.1 Å². The molecule has 172 valence electrons. The summed E-state index contributed by atoms with van der Waals surface area (Å²) in [6.45, 7) is 7.79. The van der Waals surface area contributed by atoms with E-state index in [4.69, 9.17) is 4.74 Å². The van der Waals surface area contributed by atoms with E-state index in [-0.39, 0.29) is 35.7 Å². The van der Waals surface area contributed by atoms with Crippen molar-refractivity contribution < 1.29 is 19.1 Å². The third kappa shape index (κ3) is 4.99. The molecule has 9 heteroatoms. The first kappa shape index (κ1) is 23.5. The number of aromatic nitrogens is 2. The first-order valence-electron chi connectivity index (χ1n) is 10.8. The average molecular weight is 442 g/mol. The molecule has 1 aromatic carbocycles. The van der Waals surface area contributed by atoms with Crippen molar-refractivity contribution in [2.24, 2.45) is 0 Å². The molecule has 2 heterocycles. The van der Waals surface area contributed by atoms with Crippen molar-refractivity contribution in [3.8, 4) is 0 Å². The van der Waals surface area contributed by atoms with E-state index in [1.165, 1.54) is 15.6 Å². The first-order chi connectivity index (χ1) is 15.3. The van der Waals surface area contributed by atoms with Crippen molar-refractivity contribution in [1.29, 1.82) is 0 Å². The second kappa shape index (κ2) is 9.95. The molecule has 0 saturated carbocycles. The number of amides is 3. The number of rotatable bonds is 9. The van der Waals surface area contributed by atoms with Gasteiger partial charge in [-0.1, -0.05) is 29.8 Å². The van der Waals surface area contributed by atoms with E-state index in [0.29, 0.717) is 32.7 Å². The summed E-state index contributed by atoms with van der Waals surface area (Å²) >= 11 is 0. The number of hydrogen-bond acceptors (Lipinski definition) is 5. The van der Waals surface area contributed by atoms with Crippen molar-refractivity contribution >= 4 is 17.7 Å². The van der Waals surface area contributed by atoms with E-state index < -0.39 is 5.54 Å². The van der Waals surface area contributed by atoms with E-state index in [0.717, 1.165) is 11.1 Å². The van der Waals surface area contributed by atoms with Crippen molar-refractivity contribution in [3.63, 3.8) is 0 Å². The highest BCUT2D eigenvalue weighted by atomic mass is 16.5. The number of carbonyl (C=O) groups is 3. The van der Waals surface area contributed by atoms with Crippen LogP contribution in [0.1, 0.15) is 52.4 Å². The van der Waals surface area contributed by atoms with Gasteiger partial charge in [0.2, 0.25) is 5.91 Å². The SMILES string of the molecule is CCOCCCNC(=O)c1cc2n(n1)C[C@@](C)(C(=O)NCc1ccc(C)cc1)N(C)C2=O. The summed E-state index contributed by atoms with van der Waals surface area (Å²) < 4.78 is 6.70. The maximum absolute atomic E-state index is 13.1. The van der Waals surface area contributed by atoms with Gasteiger partial charge in [0, 0.05) is 39.4 Å². The molecule has 2 N–H and O–H groups in total. The van der Waals surface area contributed by atoms with Crippen molar-refractivity contribution in [2.45, 2.75) is 45.8 Å². The van der Waals surface area contributed by atoms with Crippen LogP contribution in [0.15, 0.2) is 30.3 Å². The second-order valence-corrected chi connectivity index (χ2v) is 8.19. The summed E-state index contributed by atoms with van der Waals surface area (Å²) in [5, 5.41) is 10.0. The molecule has 1 aliphatic heterocycles. The lowest BCUT2D eigenvalue weighted by Gasteiger charge is -2.40. The Labute approximate surface area is 188 Å². The lowest BCUT2D eigenvalue weighted by molar-refractivity contribution is -0.132. The standard InChI is InChI=1S/C23H31N5O4/c1-5-32-12-6-11-24-20(29)18-13-19-21(30)27(4)23(3,15-28(19)26-18)22(31)25-14-17-9-7-16(2)8-10-17/h7-10,13H,5-6,11-12,14-15H2,1-4H3,(H,24,29)(H,25,31)/t23-/m0/s1. The number of likely N-dealkylation sites (N-methyl/N-ethyl adjacent to an activating group) is 1. The van der Waals surface area contributed by atoms with Gasteiger partial charge >= 0.3 is 0 Å². The van der Waals surface area contributed by atoms with Gasteiger partial charge in [-0.25, -0.2) is 0 Å². The van der Waals surface area contributed by atoms with E-state index in [2.05, 4.69) is 15.7 Å². The molecule has 0 saturated heterocycles. The topological polar surface area (TPSA) is 106 Å². The number of aryl methyl sites for hydroxylation is 1. The number of carbonyl (C=O) groups excluding carboxylic acids is 3. The Morgan fingerprint density at radius 3 is 2.62 bits per heavy atom. The molecule has 9 nitrogen and oxygen atoms in total. The average Bonchev–Trinajstić information content (AvgIpc) is 3.20. The maximum atomic E-state index is 13.1. The Balaban J connectivity index is 1.67. The molecule has 0 aliphatic carbocycles. The number of benzene rings is 1. The van der Waals surface area contributed by atoms with Crippen LogP contribution in [-0.2, 0) is 22.6 Å². The van der Waals surface area contributed by atoms with Crippen LogP contribution in [-0.4, -0.2) is 64.7 Å². The number of nitrogens with one attached hydrogen (secondary N) is 2. The Morgan fingerprint density at radius 2 is 1.94 bits per heavy atom. The van der Waals surface area contributed by atoms with Gasteiger partial charge in [0.1, 0.15) is 11.2 Å². The Hall–Kier alpha value is -3.20. The largest absolute Gasteiger partial charge is 0.382 e. The number of hydrogen-bond donors (Lipinski definition) is 2. The monoisotopic (exact) mass is 441 g/mol. The minimum absolute atomic E-state index is 0.155. The number of fused-ring (bicyclic) bond motifs is 1. The zero-order valence-electron chi connectivity index (χ0n) is 19.1. The molecule has 1 aliphatic rings. The van der Waals surface area contributed by atoms with Crippen LogP contribution in [0, 0.1) is 6.92 Å². The molecule has 0 spiro atoms. The quantitative estimate of drug-likeness (QED) is 0.574. The fourth-order valence-corrected chi connectivity index (χ4v) is 3.53. The highest BCUT2D eigenvalue weighted by Crippen LogP contribution is 2.26. The molecular formula is C23H31N5O4. The lowest BCUT2D eigenvalue weighted by atomic mass is 9.95. The molecular weight excluding hydrogens is 410 g/mol. The van der Waals surface area contributed by atoms with Gasteiger partial charge in [0.05, 0.1) is 6.54 Å². The van der Waals surface area contributed by atoms with Gasteiger partial charge in [-0.15, -0.1) is 0 Å². The highest BCUT2D eigenvalue weighted by Gasteiger charge is 2.46. The van der Waals surface area contributed by atoms with Crippen LogP contribution in [0.3, 0.4) is 0 Å². The summed E-state index contributed by atoms with van der Waals surface area (Å²) in [5.41, 5.74) is 1.43. The van der Waals surface area contributed by atoms with Crippen LogP contribution in [0.4, 0.5) is 0 Å². The Bertz CT molecular complexity index is 985. The van der Waals surface area contributed by atoms with Gasteiger partial charge < -0.3 is 20.3 Å². The molecule has 3 rings (SSSR count). The summed E-state index contributed by atoms with van der Waals surface area (Å²) in [7, 11) is 1.60. The molecule has 0 radical (unpaired) electrons. The smallest absolute Gasteiger partial charge is 0.272 e. The highest BCUT2D eigenvalue weighted by molar-refractivity contribution is 6.01. The Morgan fingerprint density at radius 1 is 1.22 bits per heavy atom. The van der Waals surface area contributed by atoms with Gasteiger partial charge in [-0.2, -0.15) is 5.10 Å². The Kier molecular flexibility index (Phi) is 7.29. The molecule has 1 atom stereocenters. The van der Waals surface area contributed by atoms with Gasteiger partial charge in [-0.3, -0.25) is 19.1 Å². The fraction of sp³-hybridized carbons (Fsp3) is 0.478. The summed E-state index contributed by atoms with van der Waals surface area (Å²) in [6, 6.07) is 9.36. The van der Waals surface area contributed by atoms with Gasteiger partial charge in [0.25, 0.3) is 11.8 Å². The number of ether oxygens (including phenoxy) is 1. The molecule has 0 fully saturated rings. The predicted octanol–water partition coefficient (Wildman–Crippen LogP) is 1.51.